The average Bonchev–Trinajstić information content (AvgIpc) is 2.75. The lowest BCUT2D eigenvalue weighted by Crippen LogP contribution is -2.48. The summed E-state index contributed by atoms with van der Waals surface area (Å²) in [6, 6.07) is 4.17. The van der Waals surface area contributed by atoms with E-state index in [-0.39, 0.29) is 17.6 Å². The highest BCUT2D eigenvalue weighted by Crippen LogP contribution is 2.23. The standard InChI is InChI=1S/C13H19N3O2/c1-9-5-6-13(17)16(15-9)12-8-18-7-11(12)14-10-3-2-4-10/h5-6,10-12,14H,2-4,7-8H2,1H3. The Balaban J connectivity index is 1.80. The minimum absolute atomic E-state index is 0.0259. The smallest absolute Gasteiger partial charge is 0.267 e. The molecular weight excluding hydrogens is 230 g/mol. The highest BCUT2D eigenvalue weighted by molar-refractivity contribution is 5.00. The maximum Gasteiger partial charge on any atom is 0.267 e. The molecule has 0 radical (unpaired) electrons. The second-order valence-electron chi connectivity index (χ2n) is 5.26. The molecule has 1 aromatic rings. The van der Waals surface area contributed by atoms with Crippen molar-refractivity contribution in [3.05, 3.63) is 28.2 Å². The maximum absolute atomic E-state index is 11.9. The quantitative estimate of drug-likeness (QED) is 0.854. The van der Waals surface area contributed by atoms with Gasteiger partial charge in [-0.25, -0.2) is 4.68 Å². The summed E-state index contributed by atoms with van der Waals surface area (Å²) < 4.78 is 7.11. The van der Waals surface area contributed by atoms with Crippen LogP contribution in [-0.4, -0.2) is 35.1 Å². The van der Waals surface area contributed by atoms with E-state index in [0.29, 0.717) is 19.3 Å². The van der Waals surface area contributed by atoms with Gasteiger partial charge >= 0.3 is 0 Å². The number of rotatable bonds is 3. The van der Waals surface area contributed by atoms with Gasteiger partial charge < -0.3 is 10.1 Å². The summed E-state index contributed by atoms with van der Waals surface area (Å²) in [5, 5.41) is 7.93. The van der Waals surface area contributed by atoms with Gasteiger partial charge in [0.15, 0.2) is 0 Å². The number of aromatic nitrogens is 2. The Bertz CT molecular complexity index is 481. The van der Waals surface area contributed by atoms with Crippen LogP contribution in [0.5, 0.6) is 0 Å². The summed E-state index contributed by atoms with van der Waals surface area (Å²) in [5.74, 6) is 0. The van der Waals surface area contributed by atoms with E-state index in [1.165, 1.54) is 19.3 Å². The van der Waals surface area contributed by atoms with Gasteiger partial charge in [0.2, 0.25) is 0 Å². The molecule has 2 fully saturated rings. The molecule has 0 aromatic carbocycles. The van der Waals surface area contributed by atoms with Gasteiger partial charge in [-0.3, -0.25) is 4.79 Å². The Morgan fingerprint density at radius 2 is 2.22 bits per heavy atom. The third kappa shape index (κ3) is 2.20. The summed E-state index contributed by atoms with van der Waals surface area (Å²) in [4.78, 5) is 11.9. The number of nitrogens with one attached hydrogen (secondary N) is 1. The van der Waals surface area contributed by atoms with Crippen LogP contribution >= 0.6 is 0 Å². The van der Waals surface area contributed by atoms with Crippen LogP contribution in [-0.2, 0) is 4.74 Å². The molecule has 2 atom stereocenters. The van der Waals surface area contributed by atoms with Gasteiger partial charge in [0.25, 0.3) is 5.56 Å². The lowest BCUT2D eigenvalue weighted by molar-refractivity contribution is 0.178. The van der Waals surface area contributed by atoms with Crippen molar-refractivity contribution in [3.8, 4) is 0 Å². The molecule has 1 aliphatic carbocycles. The van der Waals surface area contributed by atoms with E-state index in [1.807, 2.05) is 6.92 Å². The van der Waals surface area contributed by atoms with E-state index in [0.717, 1.165) is 5.69 Å². The van der Waals surface area contributed by atoms with Gasteiger partial charge in [0.1, 0.15) is 0 Å². The molecule has 1 saturated carbocycles. The minimum Gasteiger partial charge on any atom is -0.377 e. The van der Waals surface area contributed by atoms with E-state index in [4.69, 9.17) is 4.74 Å². The molecule has 1 saturated heterocycles. The fourth-order valence-electron chi connectivity index (χ4n) is 2.58. The van der Waals surface area contributed by atoms with E-state index in [1.54, 1.807) is 16.8 Å². The largest absolute Gasteiger partial charge is 0.377 e. The number of aryl methyl sites for hydroxylation is 1. The van der Waals surface area contributed by atoms with Crippen LogP contribution in [0.15, 0.2) is 16.9 Å². The topological polar surface area (TPSA) is 56.1 Å². The summed E-state index contributed by atoms with van der Waals surface area (Å²) in [5.41, 5.74) is 0.820. The highest BCUT2D eigenvalue weighted by Gasteiger charge is 2.33. The van der Waals surface area contributed by atoms with Crippen molar-refractivity contribution in [2.45, 2.75) is 44.3 Å². The predicted octanol–water partition coefficient (Wildman–Crippen LogP) is 0.634. The zero-order chi connectivity index (χ0) is 12.5. The molecule has 5 heteroatoms. The third-order valence-electron chi connectivity index (χ3n) is 3.88. The molecule has 18 heavy (non-hydrogen) atoms. The van der Waals surface area contributed by atoms with Crippen molar-refractivity contribution in [3.63, 3.8) is 0 Å². The fourth-order valence-corrected chi connectivity index (χ4v) is 2.58. The van der Waals surface area contributed by atoms with Crippen molar-refractivity contribution in [2.75, 3.05) is 13.2 Å². The van der Waals surface area contributed by atoms with Crippen LogP contribution < -0.4 is 10.9 Å². The van der Waals surface area contributed by atoms with Gasteiger partial charge in [0.05, 0.1) is 31.0 Å². The summed E-state index contributed by atoms with van der Waals surface area (Å²) in [7, 11) is 0. The Kier molecular flexibility index (Phi) is 3.18. The number of nitrogens with zero attached hydrogens (tertiary/aromatic N) is 2. The van der Waals surface area contributed by atoms with E-state index < -0.39 is 0 Å². The molecule has 1 N–H and O–H groups in total. The van der Waals surface area contributed by atoms with Gasteiger partial charge in [-0.05, 0) is 25.8 Å². The van der Waals surface area contributed by atoms with E-state index in [9.17, 15) is 4.79 Å². The van der Waals surface area contributed by atoms with Gasteiger partial charge in [-0.2, -0.15) is 5.10 Å². The zero-order valence-corrected chi connectivity index (χ0v) is 10.6. The third-order valence-corrected chi connectivity index (χ3v) is 3.88. The number of hydrogen-bond acceptors (Lipinski definition) is 4. The highest BCUT2D eigenvalue weighted by atomic mass is 16.5. The lowest BCUT2D eigenvalue weighted by Gasteiger charge is -2.31. The fraction of sp³-hybridized carbons (Fsp3) is 0.692. The number of hydrogen-bond donors (Lipinski definition) is 1. The van der Waals surface area contributed by atoms with Crippen molar-refractivity contribution in [2.24, 2.45) is 0 Å². The molecule has 1 aromatic heterocycles. The normalized spacial score (nSPS) is 28.3. The first-order valence-electron chi connectivity index (χ1n) is 6.64. The SMILES string of the molecule is Cc1ccc(=O)n(C2COCC2NC2CCC2)n1. The van der Waals surface area contributed by atoms with Crippen LogP contribution in [0.4, 0.5) is 0 Å². The van der Waals surface area contributed by atoms with Crippen LogP contribution in [0.1, 0.15) is 31.0 Å². The van der Waals surface area contributed by atoms with E-state index in [2.05, 4.69) is 10.4 Å². The van der Waals surface area contributed by atoms with Crippen LogP contribution in [0, 0.1) is 6.92 Å². The second kappa shape index (κ2) is 4.82. The molecule has 98 valence electrons. The summed E-state index contributed by atoms with van der Waals surface area (Å²) in [6.45, 7) is 3.14. The van der Waals surface area contributed by atoms with Crippen molar-refractivity contribution < 1.29 is 4.74 Å². The summed E-state index contributed by atoms with van der Waals surface area (Å²) >= 11 is 0. The maximum atomic E-state index is 11.9. The van der Waals surface area contributed by atoms with Crippen molar-refractivity contribution in [1.29, 1.82) is 0 Å². The molecule has 1 aliphatic heterocycles. The van der Waals surface area contributed by atoms with Crippen LogP contribution in [0.2, 0.25) is 0 Å². The van der Waals surface area contributed by atoms with Crippen molar-refractivity contribution in [1.82, 2.24) is 15.1 Å². The molecule has 3 rings (SSSR count). The molecule has 0 amide bonds. The minimum atomic E-state index is -0.0449. The predicted molar refractivity (Wildman–Crippen MR) is 67.7 cm³/mol. The molecule has 0 spiro atoms. The Labute approximate surface area is 106 Å². The molecular formula is C13H19N3O2. The first-order valence-corrected chi connectivity index (χ1v) is 6.64. The second-order valence-corrected chi connectivity index (χ2v) is 5.26. The van der Waals surface area contributed by atoms with Gasteiger partial charge in [-0.1, -0.05) is 6.42 Å². The zero-order valence-electron chi connectivity index (χ0n) is 10.6. The molecule has 5 nitrogen and oxygen atoms in total. The number of ether oxygens (including phenoxy) is 1. The molecule has 0 bridgehead atoms. The Morgan fingerprint density at radius 1 is 1.39 bits per heavy atom. The van der Waals surface area contributed by atoms with Gasteiger partial charge in [-0.15, -0.1) is 0 Å². The van der Waals surface area contributed by atoms with E-state index >= 15 is 0 Å². The average molecular weight is 249 g/mol. The molecule has 2 unspecified atom stereocenters. The van der Waals surface area contributed by atoms with Crippen molar-refractivity contribution >= 4 is 0 Å². The first kappa shape index (κ1) is 11.9. The Hall–Kier alpha value is -1.20. The first-order chi connectivity index (χ1) is 8.74. The Morgan fingerprint density at radius 3 is 2.94 bits per heavy atom. The summed E-state index contributed by atoms with van der Waals surface area (Å²) in [6.07, 6.45) is 3.78. The molecule has 2 aliphatic rings. The van der Waals surface area contributed by atoms with Gasteiger partial charge in [0, 0.05) is 12.1 Å². The lowest BCUT2D eigenvalue weighted by atomic mass is 9.92. The molecule has 2 heterocycles. The monoisotopic (exact) mass is 249 g/mol. The van der Waals surface area contributed by atoms with Crippen LogP contribution in [0.25, 0.3) is 0 Å². The van der Waals surface area contributed by atoms with Crippen LogP contribution in [0.3, 0.4) is 0 Å².